The van der Waals surface area contributed by atoms with Gasteiger partial charge in [-0.1, -0.05) is 11.6 Å². The van der Waals surface area contributed by atoms with E-state index in [1.165, 1.54) is 12.3 Å². The molecule has 1 aliphatic rings. The number of nitrogens with one attached hydrogen (secondary N) is 1. The van der Waals surface area contributed by atoms with Gasteiger partial charge in [-0.25, -0.2) is 14.6 Å². The quantitative estimate of drug-likeness (QED) is 0.821. The molecule has 1 fully saturated rings. The molecule has 1 saturated heterocycles. The highest BCUT2D eigenvalue weighted by Crippen LogP contribution is 2.23. The van der Waals surface area contributed by atoms with E-state index in [1.807, 2.05) is 20.8 Å². The zero-order valence-electron chi connectivity index (χ0n) is 13.3. The predicted molar refractivity (Wildman–Crippen MR) is 86.0 cm³/mol. The van der Waals surface area contributed by atoms with Gasteiger partial charge in [0.2, 0.25) is 0 Å². The zero-order valence-corrected chi connectivity index (χ0v) is 14.1. The van der Waals surface area contributed by atoms with E-state index in [1.54, 1.807) is 4.90 Å². The number of aromatic nitrogens is 1. The first-order chi connectivity index (χ1) is 10.7. The van der Waals surface area contributed by atoms with Gasteiger partial charge in [-0.2, -0.15) is 0 Å². The number of amides is 1. The second-order valence-corrected chi connectivity index (χ2v) is 6.80. The van der Waals surface area contributed by atoms with Gasteiger partial charge >= 0.3 is 12.1 Å². The fourth-order valence-electron chi connectivity index (χ4n) is 2.31. The van der Waals surface area contributed by atoms with E-state index >= 15 is 0 Å². The number of carboxylic acids is 1. The van der Waals surface area contributed by atoms with E-state index in [0.717, 1.165) is 0 Å². The maximum absolute atomic E-state index is 12.0. The Labute approximate surface area is 139 Å². The summed E-state index contributed by atoms with van der Waals surface area (Å²) in [6.07, 6.45) is 1.54. The smallest absolute Gasteiger partial charge is 0.410 e. The molecule has 2 heterocycles. The molecule has 0 aromatic carbocycles. The van der Waals surface area contributed by atoms with Crippen molar-refractivity contribution in [2.24, 2.45) is 0 Å². The number of carboxylic acid groups (broad SMARTS) is 1. The van der Waals surface area contributed by atoms with E-state index in [9.17, 15) is 14.7 Å². The van der Waals surface area contributed by atoms with Crippen LogP contribution in [0.5, 0.6) is 0 Å². The Morgan fingerprint density at radius 3 is 2.78 bits per heavy atom. The van der Waals surface area contributed by atoms with Crippen LogP contribution in [0.2, 0.25) is 5.15 Å². The molecule has 0 radical (unpaired) electrons. The molecule has 23 heavy (non-hydrogen) atoms. The highest BCUT2D eigenvalue weighted by Gasteiger charge is 2.30. The van der Waals surface area contributed by atoms with E-state index < -0.39 is 11.6 Å². The van der Waals surface area contributed by atoms with Gasteiger partial charge in [-0.3, -0.25) is 0 Å². The van der Waals surface area contributed by atoms with Crippen molar-refractivity contribution in [3.8, 4) is 0 Å². The Morgan fingerprint density at radius 1 is 1.48 bits per heavy atom. The van der Waals surface area contributed by atoms with Crippen LogP contribution in [0.15, 0.2) is 12.3 Å². The first-order valence-corrected chi connectivity index (χ1v) is 7.67. The topological polar surface area (TPSA) is 91.8 Å². The SMILES string of the molecule is CC(C)(C)OC(=O)N1CC[C@H](Nc2cc(Cl)ncc2C(=O)O)C1. The number of halogens is 1. The molecule has 1 aliphatic heterocycles. The van der Waals surface area contributed by atoms with E-state index in [4.69, 9.17) is 16.3 Å². The van der Waals surface area contributed by atoms with Crippen molar-refractivity contribution in [2.75, 3.05) is 18.4 Å². The lowest BCUT2D eigenvalue weighted by Crippen LogP contribution is -2.36. The number of hydrogen-bond acceptors (Lipinski definition) is 5. The Balaban J connectivity index is 2.02. The number of nitrogens with zero attached hydrogens (tertiary/aromatic N) is 2. The van der Waals surface area contributed by atoms with Crippen LogP contribution >= 0.6 is 11.6 Å². The summed E-state index contributed by atoms with van der Waals surface area (Å²) in [5.41, 5.74) is -0.101. The molecular formula is C15H20ClN3O4. The number of carbonyl (C=O) groups is 2. The first-order valence-electron chi connectivity index (χ1n) is 7.29. The van der Waals surface area contributed by atoms with Gasteiger partial charge in [0.1, 0.15) is 16.3 Å². The number of anilines is 1. The van der Waals surface area contributed by atoms with E-state index in [-0.39, 0.29) is 22.9 Å². The minimum Gasteiger partial charge on any atom is -0.478 e. The first kappa shape index (κ1) is 17.3. The largest absolute Gasteiger partial charge is 0.478 e. The average Bonchev–Trinajstić information content (AvgIpc) is 2.85. The molecule has 0 saturated carbocycles. The summed E-state index contributed by atoms with van der Waals surface area (Å²) in [5.74, 6) is -1.08. The van der Waals surface area contributed by atoms with Crippen molar-refractivity contribution in [1.29, 1.82) is 0 Å². The van der Waals surface area contributed by atoms with Gasteiger partial charge in [-0.05, 0) is 33.3 Å². The molecule has 1 aromatic rings. The number of rotatable bonds is 3. The fourth-order valence-corrected chi connectivity index (χ4v) is 2.47. The van der Waals surface area contributed by atoms with Crippen LogP contribution < -0.4 is 5.32 Å². The number of pyridine rings is 1. The second-order valence-electron chi connectivity index (χ2n) is 6.41. The predicted octanol–water partition coefficient (Wildman–Crippen LogP) is 2.85. The molecule has 7 nitrogen and oxygen atoms in total. The summed E-state index contributed by atoms with van der Waals surface area (Å²) in [6, 6.07) is 1.40. The molecule has 8 heteroatoms. The fraction of sp³-hybridized carbons (Fsp3) is 0.533. The summed E-state index contributed by atoms with van der Waals surface area (Å²) < 4.78 is 5.34. The number of carbonyl (C=O) groups excluding carboxylic acids is 1. The Morgan fingerprint density at radius 2 is 2.17 bits per heavy atom. The molecule has 2 rings (SSSR count). The summed E-state index contributed by atoms with van der Waals surface area (Å²) in [6.45, 7) is 6.43. The lowest BCUT2D eigenvalue weighted by molar-refractivity contribution is 0.0293. The Kier molecular flexibility index (Phi) is 4.99. The standard InChI is InChI=1S/C15H20ClN3O4/c1-15(2,3)23-14(22)19-5-4-9(8-19)18-11-6-12(16)17-7-10(11)13(20)21/h6-7,9H,4-5,8H2,1-3H3,(H,17,18)(H,20,21)/t9-/m0/s1. The van der Waals surface area contributed by atoms with Gasteiger partial charge in [-0.15, -0.1) is 0 Å². The van der Waals surface area contributed by atoms with Crippen LogP contribution in [0.1, 0.15) is 37.6 Å². The summed E-state index contributed by atoms with van der Waals surface area (Å²) in [4.78, 5) is 28.6. The van der Waals surface area contributed by atoms with Gasteiger partial charge in [0.15, 0.2) is 0 Å². The number of ether oxygens (including phenoxy) is 1. The summed E-state index contributed by atoms with van der Waals surface area (Å²) in [5, 5.41) is 12.5. The van der Waals surface area contributed by atoms with Crippen LogP contribution in [0.25, 0.3) is 0 Å². The van der Waals surface area contributed by atoms with Crippen LogP contribution in [0.4, 0.5) is 10.5 Å². The van der Waals surface area contributed by atoms with Crippen molar-refractivity contribution in [1.82, 2.24) is 9.88 Å². The van der Waals surface area contributed by atoms with Crippen molar-refractivity contribution in [2.45, 2.75) is 38.8 Å². The number of likely N-dealkylation sites (tertiary alicyclic amines) is 1. The third-order valence-corrected chi connectivity index (χ3v) is 3.51. The van der Waals surface area contributed by atoms with E-state index in [2.05, 4.69) is 10.3 Å². The highest BCUT2D eigenvalue weighted by molar-refractivity contribution is 6.29. The van der Waals surface area contributed by atoms with Crippen LogP contribution in [0.3, 0.4) is 0 Å². The number of aromatic carboxylic acids is 1. The lowest BCUT2D eigenvalue weighted by atomic mass is 10.2. The van der Waals surface area contributed by atoms with Crippen molar-refractivity contribution >= 4 is 29.4 Å². The molecule has 0 bridgehead atoms. The van der Waals surface area contributed by atoms with Gasteiger partial charge in [0.25, 0.3) is 0 Å². The van der Waals surface area contributed by atoms with Crippen LogP contribution in [-0.4, -0.2) is 51.8 Å². The molecule has 0 spiro atoms. The van der Waals surface area contributed by atoms with Gasteiger partial charge < -0.3 is 20.1 Å². The Hall–Kier alpha value is -2.02. The minimum atomic E-state index is -1.08. The highest BCUT2D eigenvalue weighted by atomic mass is 35.5. The molecule has 1 atom stereocenters. The number of hydrogen-bond donors (Lipinski definition) is 2. The monoisotopic (exact) mass is 341 g/mol. The molecule has 0 unspecified atom stereocenters. The molecule has 1 aromatic heterocycles. The maximum atomic E-state index is 12.0. The average molecular weight is 342 g/mol. The van der Waals surface area contributed by atoms with Crippen LogP contribution in [0, 0.1) is 0 Å². The lowest BCUT2D eigenvalue weighted by Gasteiger charge is -2.24. The van der Waals surface area contributed by atoms with Gasteiger partial charge in [0.05, 0.1) is 5.69 Å². The minimum absolute atomic E-state index is 0.0464. The molecular weight excluding hydrogens is 322 g/mol. The van der Waals surface area contributed by atoms with E-state index in [0.29, 0.717) is 25.2 Å². The molecule has 1 amide bonds. The molecule has 2 N–H and O–H groups in total. The maximum Gasteiger partial charge on any atom is 0.410 e. The third-order valence-electron chi connectivity index (χ3n) is 3.30. The van der Waals surface area contributed by atoms with Crippen LogP contribution in [-0.2, 0) is 4.74 Å². The molecule has 126 valence electrons. The van der Waals surface area contributed by atoms with Crippen molar-refractivity contribution in [3.05, 3.63) is 23.0 Å². The zero-order chi connectivity index (χ0) is 17.2. The normalized spacial score (nSPS) is 17.9. The van der Waals surface area contributed by atoms with Gasteiger partial charge in [0, 0.05) is 25.3 Å². The Bertz CT molecular complexity index is 615. The molecule has 0 aliphatic carbocycles. The van der Waals surface area contributed by atoms with Crippen molar-refractivity contribution in [3.63, 3.8) is 0 Å². The van der Waals surface area contributed by atoms with Crippen molar-refractivity contribution < 1.29 is 19.4 Å². The summed E-state index contributed by atoms with van der Waals surface area (Å²) >= 11 is 5.83. The second kappa shape index (κ2) is 6.62. The summed E-state index contributed by atoms with van der Waals surface area (Å²) in [7, 11) is 0. The third kappa shape index (κ3) is 4.72.